The van der Waals surface area contributed by atoms with E-state index in [-0.39, 0.29) is 0 Å². The van der Waals surface area contributed by atoms with Crippen molar-refractivity contribution in [1.29, 1.82) is 0 Å². The molecule has 0 aliphatic carbocycles. The van der Waals surface area contributed by atoms with Crippen molar-refractivity contribution in [2.24, 2.45) is 5.41 Å². The van der Waals surface area contributed by atoms with Gasteiger partial charge in [0.2, 0.25) is 0 Å². The van der Waals surface area contributed by atoms with Gasteiger partial charge >= 0.3 is 0 Å². The molecule has 0 bridgehead atoms. The van der Waals surface area contributed by atoms with Gasteiger partial charge in [-0.05, 0) is 33.2 Å². The molecule has 2 aliphatic heterocycles. The zero-order valence-corrected chi connectivity index (χ0v) is 8.97. The molecule has 0 unspecified atom stereocenters. The summed E-state index contributed by atoms with van der Waals surface area (Å²) in [5.41, 5.74) is 0.654. The topological polar surface area (TPSA) is 15.3 Å². The number of likely N-dealkylation sites (tertiary alicyclic amines) is 1. The molecule has 2 fully saturated rings. The highest BCUT2D eigenvalue weighted by molar-refractivity contribution is 4.96. The van der Waals surface area contributed by atoms with Gasteiger partial charge in [0.15, 0.2) is 0 Å². The second-order valence-corrected chi connectivity index (χ2v) is 5.12. The van der Waals surface area contributed by atoms with Crippen LogP contribution in [0.1, 0.15) is 33.1 Å². The lowest BCUT2D eigenvalue weighted by molar-refractivity contribution is 0.0831. The second-order valence-electron chi connectivity index (χ2n) is 5.12. The number of hydrogen-bond donors (Lipinski definition) is 1. The average Bonchev–Trinajstić information content (AvgIpc) is 2.24. The van der Waals surface area contributed by atoms with E-state index in [1.54, 1.807) is 0 Å². The molecule has 76 valence electrons. The Labute approximate surface area is 81.7 Å². The molecule has 0 aromatic heterocycles. The van der Waals surface area contributed by atoms with Crippen LogP contribution in [0.5, 0.6) is 0 Å². The molecule has 2 aliphatic rings. The van der Waals surface area contributed by atoms with E-state index in [2.05, 4.69) is 24.1 Å². The molecule has 2 heteroatoms. The molecule has 1 N–H and O–H groups in total. The Morgan fingerprint density at radius 3 is 2.54 bits per heavy atom. The Morgan fingerprint density at radius 2 is 2.00 bits per heavy atom. The molecule has 0 radical (unpaired) electrons. The maximum atomic E-state index is 3.43. The van der Waals surface area contributed by atoms with Gasteiger partial charge in [-0.1, -0.05) is 6.42 Å². The first kappa shape index (κ1) is 9.47. The average molecular weight is 182 g/mol. The fourth-order valence-corrected chi connectivity index (χ4v) is 2.61. The van der Waals surface area contributed by atoms with Crippen LogP contribution in [0.25, 0.3) is 0 Å². The summed E-state index contributed by atoms with van der Waals surface area (Å²) in [7, 11) is 0. The van der Waals surface area contributed by atoms with E-state index in [4.69, 9.17) is 0 Å². The summed E-state index contributed by atoms with van der Waals surface area (Å²) in [5.74, 6) is 0. The van der Waals surface area contributed by atoms with E-state index in [0.29, 0.717) is 5.41 Å². The maximum Gasteiger partial charge on any atom is 0.00798 e. The number of hydrogen-bond acceptors (Lipinski definition) is 2. The normalized spacial score (nSPS) is 28.8. The van der Waals surface area contributed by atoms with E-state index in [0.717, 1.165) is 6.04 Å². The Hall–Kier alpha value is -0.0800. The van der Waals surface area contributed by atoms with Crippen LogP contribution in [-0.4, -0.2) is 37.1 Å². The Kier molecular flexibility index (Phi) is 2.61. The Bertz CT molecular complexity index is 173. The highest BCUT2D eigenvalue weighted by atomic mass is 15.2. The van der Waals surface area contributed by atoms with Gasteiger partial charge in [0.05, 0.1) is 0 Å². The van der Waals surface area contributed by atoms with Crippen molar-refractivity contribution in [3.63, 3.8) is 0 Å². The summed E-state index contributed by atoms with van der Waals surface area (Å²) >= 11 is 0. The maximum absolute atomic E-state index is 3.43. The van der Waals surface area contributed by atoms with E-state index in [1.807, 2.05) is 0 Å². The zero-order chi connectivity index (χ0) is 9.31. The smallest absolute Gasteiger partial charge is 0.00798 e. The van der Waals surface area contributed by atoms with Gasteiger partial charge in [-0.3, -0.25) is 0 Å². The monoisotopic (exact) mass is 182 g/mol. The summed E-state index contributed by atoms with van der Waals surface area (Å²) in [4.78, 5) is 2.66. The van der Waals surface area contributed by atoms with Crippen LogP contribution in [-0.2, 0) is 0 Å². The molecule has 13 heavy (non-hydrogen) atoms. The first-order valence-electron chi connectivity index (χ1n) is 5.67. The van der Waals surface area contributed by atoms with Crippen LogP contribution >= 0.6 is 0 Å². The van der Waals surface area contributed by atoms with Gasteiger partial charge in [-0.25, -0.2) is 0 Å². The fourth-order valence-electron chi connectivity index (χ4n) is 2.61. The van der Waals surface area contributed by atoms with Crippen molar-refractivity contribution in [2.75, 3.05) is 26.2 Å². The Morgan fingerprint density at radius 1 is 1.23 bits per heavy atom. The van der Waals surface area contributed by atoms with Crippen LogP contribution < -0.4 is 5.32 Å². The van der Waals surface area contributed by atoms with Crippen molar-refractivity contribution in [3.8, 4) is 0 Å². The molecular formula is C11H22N2. The number of rotatable bonds is 1. The molecule has 0 amide bonds. The van der Waals surface area contributed by atoms with E-state index >= 15 is 0 Å². The molecule has 0 atom stereocenters. The highest BCUT2D eigenvalue weighted by Crippen LogP contribution is 2.33. The minimum absolute atomic E-state index is 0.654. The number of nitrogens with zero attached hydrogens (tertiary/aromatic N) is 1. The van der Waals surface area contributed by atoms with Crippen LogP contribution in [0.4, 0.5) is 0 Å². The van der Waals surface area contributed by atoms with Crippen LogP contribution in [0.15, 0.2) is 0 Å². The molecule has 1 spiro atoms. The fraction of sp³-hybridized carbons (Fsp3) is 1.00. The molecule has 2 nitrogen and oxygen atoms in total. The van der Waals surface area contributed by atoms with Crippen molar-refractivity contribution in [3.05, 3.63) is 0 Å². The second kappa shape index (κ2) is 3.58. The number of nitrogens with one attached hydrogen (secondary N) is 1. The van der Waals surface area contributed by atoms with Gasteiger partial charge in [0.25, 0.3) is 0 Å². The minimum atomic E-state index is 0.654. The zero-order valence-electron chi connectivity index (χ0n) is 8.97. The lowest BCUT2D eigenvalue weighted by Gasteiger charge is -2.45. The molecular weight excluding hydrogens is 160 g/mol. The quantitative estimate of drug-likeness (QED) is 0.660. The van der Waals surface area contributed by atoms with Gasteiger partial charge < -0.3 is 10.2 Å². The SMILES string of the molecule is CC(C)N1CCCCC2(CNC2)C1. The first-order valence-corrected chi connectivity index (χ1v) is 5.67. The van der Waals surface area contributed by atoms with E-state index < -0.39 is 0 Å². The predicted molar refractivity (Wildman–Crippen MR) is 55.9 cm³/mol. The summed E-state index contributed by atoms with van der Waals surface area (Å²) in [6.45, 7) is 9.82. The van der Waals surface area contributed by atoms with Crippen LogP contribution in [0, 0.1) is 5.41 Å². The predicted octanol–water partition coefficient (Wildman–Crippen LogP) is 1.47. The van der Waals surface area contributed by atoms with Gasteiger partial charge in [-0.2, -0.15) is 0 Å². The van der Waals surface area contributed by atoms with Gasteiger partial charge in [0, 0.05) is 31.1 Å². The van der Waals surface area contributed by atoms with Crippen molar-refractivity contribution in [2.45, 2.75) is 39.2 Å². The first-order chi connectivity index (χ1) is 6.22. The molecule has 0 saturated carbocycles. The van der Waals surface area contributed by atoms with Gasteiger partial charge in [0.1, 0.15) is 0 Å². The van der Waals surface area contributed by atoms with Gasteiger partial charge in [-0.15, -0.1) is 0 Å². The van der Waals surface area contributed by atoms with Crippen molar-refractivity contribution >= 4 is 0 Å². The summed E-state index contributed by atoms with van der Waals surface area (Å²) in [6.07, 6.45) is 4.29. The summed E-state index contributed by atoms with van der Waals surface area (Å²) in [5, 5.41) is 3.43. The third kappa shape index (κ3) is 1.89. The molecule has 0 aromatic rings. The molecule has 2 rings (SSSR count). The minimum Gasteiger partial charge on any atom is -0.315 e. The third-order valence-corrected chi connectivity index (χ3v) is 3.67. The third-order valence-electron chi connectivity index (χ3n) is 3.67. The van der Waals surface area contributed by atoms with Crippen molar-refractivity contribution < 1.29 is 0 Å². The van der Waals surface area contributed by atoms with E-state index in [9.17, 15) is 0 Å². The summed E-state index contributed by atoms with van der Waals surface area (Å²) < 4.78 is 0. The molecule has 0 aromatic carbocycles. The lowest BCUT2D eigenvalue weighted by Crippen LogP contribution is -2.58. The molecule has 2 heterocycles. The standard InChI is InChI=1S/C11H22N2/c1-10(2)13-6-4-3-5-11(9-13)7-12-8-11/h10,12H,3-9H2,1-2H3. The Balaban J connectivity index is 1.98. The van der Waals surface area contributed by atoms with Crippen molar-refractivity contribution in [1.82, 2.24) is 10.2 Å². The molecule has 2 saturated heterocycles. The summed E-state index contributed by atoms with van der Waals surface area (Å²) in [6, 6.07) is 0.732. The largest absolute Gasteiger partial charge is 0.315 e. The van der Waals surface area contributed by atoms with Crippen LogP contribution in [0.2, 0.25) is 0 Å². The lowest BCUT2D eigenvalue weighted by atomic mass is 9.77. The van der Waals surface area contributed by atoms with Crippen LogP contribution in [0.3, 0.4) is 0 Å². The highest BCUT2D eigenvalue weighted by Gasteiger charge is 2.39. The van der Waals surface area contributed by atoms with E-state index in [1.165, 1.54) is 45.4 Å².